The number of carbonyl (C=O) groups excluding carboxylic acids is 1. The van der Waals surface area contributed by atoms with Crippen LogP contribution in [0.2, 0.25) is 0 Å². The van der Waals surface area contributed by atoms with E-state index in [0.717, 1.165) is 11.5 Å². The van der Waals surface area contributed by atoms with Gasteiger partial charge in [-0.25, -0.2) is 0 Å². The van der Waals surface area contributed by atoms with Gasteiger partial charge < -0.3 is 4.79 Å². The minimum atomic E-state index is -0.422. The second kappa shape index (κ2) is 3.35. The summed E-state index contributed by atoms with van der Waals surface area (Å²) in [5.41, 5.74) is -0.422. The van der Waals surface area contributed by atoms with Crippen molar-refractivity contribution in [2.75, 3.05) is 0 Å². The molecule has 14 heavy (non-hydrogen) atoms. The third kappa shape index (κ3) is 1.44. The number of hydrogen-bond donors (Lipinski definition) is 0. The molecule has 1 aromatic rings. The van der Waals surface area contributed by atoms with E-state index >= 15 is 0 Å². The van der Waals surface area contributed by atoms with Crippen molar-refractivity contribution in [1.29, 1.82) is 0 Å². The molecule has 0 N–H and O–H groups in total. The van der Waals surface area contributed by atoms with Gasteiger partial charge in [0.15, 0.2) is 0 Å². The Kier molecular flexibility index (Phi) is 2.31. The maximum atomic E-state index is 11.0. The van der Waals surface area contributed by atoms with Crippen LogP contribution in [-0.2, 0) is 4.79 Å². The topological polar surface area (TPSA) is 17.1 Å². The van der Waals surface area contributed by atoms with Gasteiger partial charge in [-0.1, -0.05) is 52.3 Å². The molecule has 2 unspecified atom stereocenters. The van der Waals surface area contributed by atoms with Gasteiger partial charge in [0.2, 0.25) is 0 Å². The molecule has 2 heteroatoms. The average Bonchev–Trinajstić information content (AvgIpc) is 2.20. The van der Waals surface area contributed by atoms with Crippen LogP contribution < -0.4 is 10.4 Å². The maximum absolute atomic E-state index is 11.0. The first kappa shape index (κ1) is 9.66. The highest BCUT2D eigenvalue weighted by molar-refractivity contribution is 9.09. The maximum Gasteiger partial charge on any atom is 0.131 e. The van der Waals surface area contributed by atoms with Crippen molar-refractivity contribution in [3.05, 3.63) is 34.7 Å². The quantitative estimate of drug-likeness (QED) is 0.542. The SMILES string of the molecule is CC1(C=O)C=c2ccccc2=CC1Br. The smallest absolute Gasteiger partial charge is 0.131 e. The second-order valence-corrected chi connectivity index (χ2v) is 4.81. The summed E-state index contributed by atoms with van der Waals surface area (Å²) >= 11 is 3.52. The molecule has 0 saturated heterocycles. The van der Waals surface area contributed by atoms with Crippen molar-refractivity contribution < 1.29 is 4.79 Å². The fourth-order valence-corrected chi connectivity index (χ4v) is 2.17. The van der Waals surface area contributed by atoms with Crippen molar-refractivity contribution in [3.63, 3.8) is 0 Å². The van der Waals surface area contributed by atoms with E-state index in [2.05, 4.69) is 28.1 Å². The van der Waals surface area contributed by atoms with Gasteiger partial charge in [0, 0.05) is 4.83 Å². The summed E-state index contributed by atoms with van der Waals surface area (Å²) in [6.45, 7) is 1.94. The van der Waals surface area contributed by atoms with E-state index in [1.165, 1.54) is 5.22 Å². The molecule has 1 aliphatic carbocycles. The van der Waals surface area contributed by atoms with Gasteiger partial charge in [0.25, 0.3) is 0 Å². The Bertz CT molecular complexity index is 477. The molecular weight excluding hydrogens is 240 g/mol. The van der Waals surface area contributed by atoms with Crippen LogP contribution in [0.15, 0.2) is 24.3 Å². The summed E-state index contributed by atoms with van der Waals surface area (Å²) in [6.07, 6.45) is 5.11. The highest BCUT2D eigenvalue weighted by atomic mass is 79.9. The molecule has 0 radical (unpaired) electrons. The third-order valence-electron chi connectivity index (χ3n) is 2.64. The Hall–Kier alpha value is -0.890. The van der Waals surface area contributed by atoms with Crippen molar-refractivity contribution >= 4 is 34.4 Å². The lowest BCUT2D eigenvalue weighted by Crippen LogP contribution is -2.39. The van der Waals surface area contributed by atoms with Gasteiger partial charge >= 0.3 is 0 Å². The van der Waals surface area contributed by atoms with Crippen LogP contribution in [-0.4, -0.2) is 11.1 Å². The Morgan fingerprint density at radius 1 is 1.36 bits per heavy atom. The number of benzene rings is 1. The Morgan fingerprint density at radius 2 is 2.00 bits per heavy atom. The molecule has 0 spiro atoms. The summed E-state index contributed by atoms with van der Waals surface area (Å²) in [4.78, 5) is 11.1. The van der Waals surface area contributed by atoms with E-state index in [1.807, 2.05) is 31.2 Å². The molecule has 2 atom stereocenters. The molecule has 72 valence electrons. The predicted molar refractivity (Wildman–Crippen MR) is 61.5 cm³/mol. The molecule has 2 rings (SSSR count). The highest BCUT2D eigenvalue weighted by Crippen LogP contribution is 2.29. The molecule has 1 aromatic carbocycles. The van der Waals surface area contributed by atoms with Gasteiger partial charge in [-0.2, -0.15) is 0 Å². The second-order valence-electron chi connectivity index (χ2n) is 3.83. The van der Waals surface area contributed by atoms with Crippen LogP contribution in [0.1, 0.15) is 6.92 Å². The molecule has 1 nitrogen and oxygen atoms in total. The van der Waals surface area contributed by atoms with E-state index in [0.29, 0.717) is 0 Å². The Morgan fingerprint density at radius 3 is 2.64 bits per heavy atom. The summed E-state index contributed by atoms with van der Waals surface area (Å²) in [6, 6.07) is 8.09. The van der Waals surface area contributed by atoms with Gasteiger partial charge in [0.05, 0.1) is 5.41 Å². The number of halogens is 1. The zero-order valence-corrected chi connectivity index (χ0v) is 9.49. The van der Waals surface area contributed by atoms with E-state index < -0.39 is 5.41 Å². The molecule has 0 aromatic heterocycles. The van der Waals surface area contributed by atoms with Gasteiger partial charge in [-0.3, -0.25) is 0 Å². The van der Waals surface area contributed by atoms with Crippen LogP contribution >= 0.6 is 15.9 Å². The number of aldehydes is 1. The molecule has 0 bridgehead atoms. The minimum absolute atomic E-state index is 0.0856. The number of alkyl halides is 1. The molecule has 0 aliphatic heterocycles. The standard InChI is InChI=1S/C12H11BrO/c1-12(8-14)7-10-5-3-2-4-9(10)6-11(12)13/h2-8,11H,1H3. The molecule has 0 saturated carbocycles. The number of hydrogen-bond acceptors (Lipinski definition) is 1. The van der Waals surface area contributed by atoms with E-state index in [4.69, 9.17) is 0 Å². The van der Waals surface area contributed by atoms with Crippen molar-refractivity contribution in [1.82, 2.24) is 0 Å². The molecule has 1 aliphatic rings. The minimum Gasteiger partial charge on any atom is -0.302 e. The highest BCUT2D eigenvalue weighted by Gasteiger charge is 2.29. The Labute approximate surface area is 91.3 Å². The molecular formula is C12H11BrO. The largest absolute Gasteiger partial charge is 0.302 e. The first-order valence-electron chi connectivity index (χ1n) is 4.56. The van der Waals surface area contributed by atoms with E-state index in [9.17, 15) is 4.79 Å². The molecule has 0 fully saturated rings. The van der Waals surface area contributed by atoms with Crippen molar-refractivity contribution in [2.45, 2.75) is 11.8 Å². The van der Waals surface area contributed by atoms with Gasteiger partial charge in [0.1, 0.15) is 6.29 Å². The van der Waals surface area contributed by atoms with Crippen molar-refractivity contribution in [3.8, 4) is 0 Å². The first-order chi connectivity index (χ1) is 6.65. The molecule has 0 amide bonds. The summed E-state index contributed by atoms with van der Waals surface area (Å²) in [7, 11) is 0. The number of carbonyl (C=O) groups is 1. The zero-order valence-electron chi connectivity index (χ0n) is 7.91. The third-order valence-corrected chi connectivity index (χ3v) is 3.89. The summed E-state index contributed by atoms with van der Waals surface area (Å²) < 4.78 is 0. The van der Waals surface area contributed by atoms with E-state index in [1.54, 1.807) is 0 Å². The Balaban J connectivity index is 2.73. The van der Waals surface area contributed by atoms with Gasteiger partial charge in [-0.05, 0) is 17.4 Å². The van der Waals surface area contributed by atoms with Crippen LogP contribution in [0.5, 0.6) is 0 Å². The fourth-order valence-electron chi connectivity index (χ4n) is 1.65. The van der Waals surface area contributed by atoms with Gasteiger partial charge in [-0.15, -0.1) is 0 Å². The lowest BCUT2D eigenvalue weighted by molar-refractivity contribution is -0.112. The van der Waals surface area contributed by atoms with Crippen LogP contribution in [0, 0.1) is 5.41 Å². The van der Waals surface area contributed by atoms with Crippen LogP contribution in [0.25, 0.3) is 12.2 Å². The lowest BCUT2D eigenvalue weighted by Gasteiger charge is -2.25. The number of fused-ring (bicyclic) bond motifs is 1. The van der Waals surface area contributed by atoms with Crippen LogP contribution in [0.4, 0.5) is 0 Å². The molecule has 0 heterocycles. The normalized spacial score (nSPS) is 29.7. The van der Waals surface area contributed by atoms with Crippen LogP contribution in [0.3, 0.4) is 0 Å². The lowest BCUT2D eigenvalue weighted by atomic mass is 9.84. The fraction of sp³-hybridized carbons (Fsp3) is 0.250. The summed E-state index contributed by atoms with van der Waals surface area (Å²) in [5.74, 6) is 0. The number of rotatable bonds is 1. The monoisotopic (exact) mass is 250 g/mol. The average molecular weight is 251 g/mol. The zero-order chi connectivity index (χ0) is 10.2. The van der Waals surface area contributed by atoms with Crippen molar-refractivity contribution in [2.24, 2.45) is 5.41 Å². The van der Waals surface area contributed by atoms with E-state index in [-0.39, 0.29) is 4.83 Å². The predicted octanol–water partition coefficient (Wildman–Crippen LogP) is 1.23. The first-order valence-corrected chi connectivity index (χ1v) is 5.47. The summed E-state index contributed by atoms with van der Waals surface area (Å²) in [5, 5.41) is 2.33.